The normalized spacial score (nSPS) is 11.2. The minimum Gasteiger partial charge on any atom is -0.457 e. The maximum absolute atomic E-state index is 12.4. The minimum atomic E-state index is -4.75. The third kappa shape index (κ3) is 6.12. The van der Waals surface area contributed by atoms with E-state index < -0.39 is 6.36 Å². The molecule has 2 aromatic heterocycles. The summed E-state index contributed by atoms with van der Waals surface area (Å²) in [4.78, 5) is 20.9. The summed E-state index contributed by atoms with van der Waals surface area (Å²) in [6.07, 6.45) is -0.891. The Kier molecular flexibility index (Phi) is 7.09. The second kappa shape index (κ2) is 10.4. The van der Waals surface area contributed by atoms with Crippen LogP contribution < -0.4 is 20.1 Å². The summed E-state index contributed by atoms with van der Waals surface area (Å²) in [6.45, 7) is 4.08. The Labute approximate surface area is 204 Å². The van der Waals surface area contributed by atoms with Crippen LogP contribution in [0.5, 0.6) is 17.2 Å². The van der Waals surface area contributed by atoms with Gasteiger partial charge in [0.15, 0.2) is 0 Å². The van der Waals surface area contributed by atoms with Crippen molar-refractivity contribution in [2.45, 2.75) is 12.8 Å². The molecule has 8 nitrogen and oxygen atoms in total. The number of nitrogens with zero attached hydrogens (tertiary/aromatic N) is 3. The third-order valence-corrected chi connectivity index (χ3v) is 5.03. The van der Waals surface area contributed by atoms with Crippen molar-refractivity contribution in [3.8, 4) is 17.2 Å². The highest BCUT2D eigenvalue weighted by atomic mass is 19.4. The molecule has 2 aromatic carbocycles. The van der Waals surface area contributed by atoms with E-state index in [1.807, 2.05) is 6.07 Å². The van der Waals surface area contributed by atoms with Crippen molar-refractivity contribution in [3.63, 3.8) is 0 Å². The number of hydrogen-bond acceptors (Lipinski definition) is 6. The van der Waals surface area contributed by atoms with Crippen molar-refractivity contribution in [1.29, 1.82) is 0 Å². The quantitative estimate of drug-likeness (QED) is 0.228. The van der Waals surface area contributed by atoms with Gasteiger partial charge >= 0.3 is 6.36 Å². The van der Waals surface area contributed by atoms with Crippen LogP contribution in [0.25, 0.3) is 11.0 Å². The number of alkyl halides is 3. The number of carbonyl (C=O) groups is 1. The molecule has 2 N–H and O–H groups in total. The van der Waals surface area contributed by atoms with Crippen molar-refractivity contribution >= 4 is 28.6 Å². The maximum atomic E-state index is 12.4. The largest absolute Gasteiger partial charge is 0.573 e. The fraction of sp³-hybridized carbons (Fsp3) is 0.160. The highest BCUT2D eigenvalue weighted by Crippen LogP contribution is 2.29. The predicted octanol–water partition coefficient (Wildman–Crippen LogP) is 5.71. The Balaban J connectivity index is 1.48. The summed E-state index contributed by atoms with van der Waals surface area (Å²) in [6, 6.07) is 13.9. The Bertz CT molecular complexity index is 1380. The topological polar surface area (TPSA) is 90.3 Å². The molecule has 0 saturated carbocycles. The van der Waals surface area contributed by atoms with Crippen molar-refractivity contribution < 1.29 is 27.4 Å². The Morgan fingerprint density at radius 2 is 1.81 bits per heavy atom. The van der Waals surface area contributed by atoms with Gasteiger partial charge in [-0.2, -0.15) is 0 Å². The molecule has 36 heavy (non-hydrogen) atoms. The molecule has 4 rings (SSSR count). The first kappa shape index (κ1) is 24.6. The van der Waals surface area contributed by atoms with Gasteiger partial charge in [0.05, 0.1) is 11.0 Å². The molecule has 0 aliphatic heterocycles. The SMILES string of the molecule is C=CCCNC(=O)c1cc(Oc2ccc3c(c2)nc(Nc2ccc(OC(F)(F)F)cc2)n3C)ccn1. The van der Waals surface area contributed by atoms with E-state index in [9.17, 15) is 18.0 Å². The molecule has 4 aromatic rings. The summed E-state index contributed by atoms with van der Waals surface area (Å²) < 4.78 is 48.7. The number of amides is 1. The number of hydrogen-bond donors (Lipinski definition) is 2. The lowest BCUT2D eigenvalue weighted by molar-refractivity contribution is -0.274. The van der Waals surface area contributed by atoms with E-state index in [1.165, 1.54) is 30.5 Å². The predicted molar refractivity (Wildman–Crippen MR) is 129 cm³/mol. The zero-order valence-corrected chi connectivity index (χ0v) is 19.2. The van der Waals surface area contributed by atoms with Gasteiger partial charge in [-0.25, -0.2) is 4.98 Å². The molecule has 1 amide bonds. The van der Waals surface area contributed by atoms with Gasteiger partial charge < -0.3 is 24.7 Å². The van der Waals surface area contributed by atoms with E-state index in [1.54, 1.807) is 42.0 Å². The summed E-state index contributed by atoms with van der Waals surface area (Å²) in [5.41, 5.74) is 2.20. The number of rotatable bonds is 9. The van der Waals surface area contributed by atoms with Gasteiger partial charge in [0.1, 0.15) is 22.9 Å². The Morgan fingerprint density at radius 3 is 2.53 bits per heavy atom. The van der Waals surface area contributed by atoms with Gasteiger partial charge in [0.2, 0.25) is 5.95 Å². The summed E-state index contributed by atoms with van der Waals surface area (Å²) in [7, 11) is 1.81. The number of aryl methyl sites for hydroxylation is 1. The van der Waals surface area contributed by atoms with Crippen LogP contribution in [0.1, 0.15) is 16.9 Å². The number of imidazole rings is 1. The zero-order chi connectivity index (χ0) is 25.7. The first-order chi connectivity index (χ1) is 17.2. The molecule has 0 radical (unpaired) electrons. The molecule has 11 heteroatoms. The Hall–Kier alpha value is -4.54. The first-order valence-electron chi connectivity index (χ1n) is 10.8. The van der Waals surface area contributed by atoms with Crippen LogP contribution in [0.15, 0.2) is 73.4 Å². The molecule has 0 unspecified atom stereocenters. The molecule has 0 bridgehead atoms. The monoisotopic (exact) mass is 497 g/mol. The lowest BCUT2D eigenvalue weighted by Crippen LogP contribution is -2.24. The van der Waals surface area contributed by atoms with Crippen LogP contribution in [-0.2, 0) is 7.05 Å². The van der Waals surface area contributed by atoms with Crippen LogP contribution in [0.2, 0.25) is 0 Å². The standard InChI is InChI=1S/C25H22F3N5O3/c1-3-4-12-30-23(34)21-15-19(11-13-29-21)35-18-9-10-22-20(14-18)32-24(33(22)2)31-16-5-7-17(8-6-16)36-25(26,27)28/h3,5-11,13-15H,1,4,12H2,2H3,(H,30,34)(H,31,32). The van der Waals surface area contributed by atoms with Gasteiger partial charge in [-0.1, -0.05) is 6.08 Å². The minimum absolute atomic E-state index is 0.230. The van der Waals surface area contributed by atoms with Crippen LogP contribution in [-0.4, -0.2) is 33.3 Å². The number of pyridine rings is 1. The van der Waals surface area contributed by atoms with Crippen LogP contribution >= 0.6 is 0 Å². The van der Waals surface area contributed by atoms with Gasteiger partial charge in [0.25, 0.3) is 5.91 Å². The van der Waals surface area contributed by atoms with Gasteiger partial charge in [-0.15, -0.1) is 19.8 Å². The molecular weight excluding hydrogens is 475 g/mol. The molecule has 0 aliphatic carbocycles. The van der Waals surface area contributed by atoms with Crippen molar-refractivity contribution in [2.24, 2.45) is 7.05 Å². The fourth-order valence-corrected chi connectivity index (χ4v) is 3.34. The number of nitrogens with one attached hydrogen (secondary N) is 2. The number of carbonyl (C=O) groups excluding carboxylic acids is 1. The molecule has 0 atom stereocenters. The molecule has 0 spiro atoms. The number of halogens is 3. The van der Waals surface area contributed by atoms with E-state index in [4.69, 9.17) is 4.74 Å². The van der Waals surface area contributed by atoms with Crippen molar-refractivity contribution in [3.05, 3.63) is 79.1 Å². The summed E-state index contributed by atoms with van der Waals surface area (Å²) in [5, 5.41) is 5.83. The second-order valence-corrected chi connectivity index (χ2v) is 7.65. The van der Waals surface area contributed by atoms with Crippen LogP contribution in [0.3, 0.4) is 0 Å². The van der Waals surface area contributed by atoms with E-state index in [2.05, 4.69) is 31.9 Å². The molecule has 0 fully saturated rings. The molecule has 186 valence electrons. The number of aromatic nitrogens is 3. The molecule has 0 saturated heterocycles. The van der Waals surface area contributed by atoms with E-state index >= 15 is 0 Å². The molecular formula is C25H22F3N5O3. The lowest BCUT2D eigenvalue weighted by atomic mass is 10.3. The zero-order valence-electron chi connectivity index (χ0n) is 19.2. The van der Waals surface area contributed by atoms with Crippen molar-refractivity contribution in [1.82, 2.24) is 19.9 Å². The number of ether oxygens (including phenoxy) is 2. The van der Waals surface area contributed by atoms with Gasteiger partial charge in [-0.3, -0.25) is 9.78 Å². The third-order valence-electron chi connectivity index (χ3n) is 5.03. The fourth-order valence-electron chi connectivity index (χ4n) is 3.34. The van der Waals surface area contributed by atoms with Crippen LogP contribution in [0.4, 0.5) is 24.8 Å². The maximum Gasteiger partial charge on any atom is 0.573 e. The highest BCUT2D eigenvalue weighted by Gasteiger charge is 2.31. The van der Waals surface area contributed by atoms with Gasteiger partial charge in [0, 0.05) is 37.6 Å². The Morgan fingerprint density at radius 1 is 1.08 bits per heavy atom. The van der Waals surface area contributed by atoms with E-state index in [0.29, 0.717) is 41.6 Å². The highest BCUT2D eigenvalue weighted by molar-refractivity contribution is 5.92. The molecule has 2 heterocycles. The van der Waals surface area contributed by atoms with Gasteiger partial charge in [-0.05, 0) is 48.9 Å². The van der Waals surface area contributed by atoms with Crippen molar-refractivity contribution in [2.75, 3.05) is 11.9 Å². The number of fused-ring (bicyclic) bond motifs is 1. The summed E-state index contributed by atoms with van der Waals surface area (Å²) >= 11 is 0. The molecule has 0 aliphatic rings. The average Bonchev–Trinajstić information content (AvgIpc) is 3.14. The first-order valence-corrected chi connectivity index (χ1v) is 10.8. The summed E-state index contributed by atoms with van der Waals surface area (Å²) in [5.74, 6) is 0.803. The smallest absolute Gasteiger partial charge is 0.457 e. The second-order valence-electron chi connectivity index (χ2n) is 7.65. The lowest BCUT2D eigenvalue weighted by Gasteiger charge is -2.10. The average molecular weight is 497 g/mol. The van der Waals surface area contributed by atoms with E-state index in [0.717, 1.165) is 5.52 Å². The van der Waals surface area contributed by atoms with Crippen LogP contribution in [0, 0.1) is 0 Å². The number of benzene rings is 2. The number of anilines is 2. The van der Waals surface area contributed by atoms with E-state index in [-0.39, 0.29) is 17.4 Å².